The van der Waals surface area contributed by atoms with Crippen molar-refractivity contribution in [2.45, 2.75) is 12.8 Å². The van der Waals surface area contributed by atoms with Crippen LogP contribution in [0.15, 0.2) is 30.9 Å². The molecule has 0 aliphatic heterocycles. The molecule has 0 aliphatic rings. The molecular weight excluding hydrogens is 184 g/mol. The first-order valence-electron chi connectivity index (χ1n) is 4.15. The molecule has 13 heavy (non-hydrogen) atoms. The van der Waals surface area contributed by atoms with Crippen molar-refractivity contribution in [3.8, 4) is 5.75 Å². The molecule has 0 saturated heterocycles. The van der Waals surface area contributed by atoms with Gasteiger partial charge in [0.1, 0.15) is 5.75 Å². The molecule has 0 aromatic heterocycles. The third kappa shape index (κ3) is 2.04. The summed E-state index contributed by atoms with van der Waals surface area (Å²) in [6, 6.07) is 5.76. The van der Waals surface area contributed by atoms with Crippen molar-refractivity contribution in [2.75, 3.05) is 7.11 Å². The zero-order valence-electron chi connectivity index (χ0n) is 7.88. The Bertz CT molecular complexity index is 307. The van der Waals surface area contributed by atoms with Crippen molar-refractivity contribution in [3.05, 3.63) is 41.4 Å². The minimum absolute atomic E-state index is 0.252. The van der Waals surface area contributed by atoms with Crippen molar-refractivity contribution in [1.82, 2.24) is 0 Å². The molecule has 0 N–H and O–H groups in total. The molecule has 0 aliphatic carbocycles. The van der Waals surface area contributed by atoms with Crippen LogP contribution in [0.4, 0.5) is 0 Å². The number of methoxy groups -OCH3 is 1. The van der Waals surface area contributed by atoms with Crippen LogP contribution in [0.25, 0.3) is 0 Å². The number of benzene rings is 1. The summed E-state index contributed by atoms with van der Waals surface area (Å²) in [5.74, 6) is 0.968. The van der Waals surface area contributed by atoms with Crippen LogP contribution >= 0.6 is 11.6 Å². The Morgan fingerprint density at radius 3 is 2.77 bits per heavy atom. The first-order chi connectivity index (χ1) is 6.20. The van der Waals surface area contributed by atoms with Crippen LogP contribution in [0.3, 0.4) is 0 Å². The zero-order chi connectivity index (χ0) is 9.84. The van der Waals surface area contributed by atoms with Gasteiger partial charge < -0.3 is 4.74 Å². The number of hydrogen-bond acceptors (Lipinski definition) is 1. The molecule has 0 saturated carbocycles. The van der Waals surface area contributed by atoms with E-state index in [9.17, 15) is 0 Å². The van der Waals surface area contributed by atoms with Crippen LogP contribution in [-0.2, 0) is 0 Å². The molecule has 0 spiro atoms. The minimum Gasteiger partial charge on any atom is -0.495 e. The highest BCUT2D eigenvalue weighted by Gasteiger charge is 2.09. The Labute approximate surface area is 84.0 Å². The highest BCUT2D eigenvalue weighted by Crippen LogP contribution is 2.32. The van der Waals surface area contributed by atoms with Gasteiger partial charge >= 0.3 is 0 Å². The molecule has 0 fully saturated rings. The molecular formula is C11H13ClO. The third-order valence-corrected chi connectivity index (χ3v) is 2.46. The summed E-state index contributed by atoms with van der Waals surface area (Å²) in [5.41, 5.74) is 1.05. The number of allylic oxidation sites excluding steroid dienone is 1. The first-order valence-corrected chi connectivity index (χ1v) is 4.53. The molecule has 1 aromatic rings. The second kappa shape index (κ2) is 4.33. The molecule has 1 atom stereocenters. The van der Waals surface area contributed by atoms with Gasteiger partial charge in [-0.1, -0.05) is 36.7 Å². The van der Waals surface area contributed by atoms with E-state index >= 15 is 0 Å². The van der Waals surface area contributed by atoms with E-state index in [1.807, 2.05) is 31.2 Å². The standard InChI is InChI=1S/C11H13ClO/c1-4-8(2)9-6-5-7-10(13-3)11(9)12/h4-8H,1H2,2-3H3. The SMILES string of the molecule is C=CC(C)c1cccc(OC)c1Cl. The summed E-state index contributed by atoms with van der Waals surface area (Å²) in [6.45, 7) is 5.78. The van der Waals surface area contributed by atoms with Crippen LogP contribution < -0.4 is 4.74 Å². The maximum atomic E-state index is 6.11. The Morgan fingerprint density at radius 2 is 2.23 bits per heavy atom. The first kappa shape index (κ1) is 10.1. The van der Waals surface area contributed by atoms with Gasteiger partial charge in [-0.15, -0.1) is 6.58 Å². The molecule has 70 valence electrons. The lowest BCUT2D eigenvalue weighted by Crippen LogP contribution is -1.92. The molecule has 2 heteroatoms. The molecule has 1 unspecified atom stereocenters. The van der Waals surface area contributed by atoms with E-state index < -0.39 is 0 Å². The maximum absolute atomic E-state index is 6.11. The van der Waals surface area contributed by atoms with Gasteiger partial charge in [-0.25, -0.2) is 0 Å². The Hall–Kier alpha value is -0.950. The number of ether oxygens (including phenoxy) is 1. The van der Waals surface area contributed by atoms with Crippen molar-refractivity contribution in [2.24, 2.45) is 0 Å². The molecule has 0 amide bonds. The third-order valence-electron chi connectivity index (χ3n) is 2.06. The van der Waals surface area contributed by atoms with Crippen molar-refractivity contribution < 1.29 is 4.74 Å². The number of hydrogen-bond donors (Lipinski definition) is 0. The van der Waals surface area contributed by atoms with Gasteiger partial charge in [0.25, 0.3) is 0 Å². The van der Waals surface area contributed by atoms with Crippen LogP contribution in [0.1, 0.15) is 18.4 Å². The minimum atomic E-state index is 0.252. The smallest absolute Gasteiger partial charge is 0.137 e. The summed E-state index contributed by atoms with van der Waals surface area (Å²) >= 11 is 6.11. The van der Waals surface area contributed by atoms with Gasteiger partial charge in [-0.05, 0) is 11.6 Å². The highest BCUT2D eigenvalue weighted by molar-refractivity contribution is 6.32. The second-order valence-electron chi connectivity index (χ2n) is 2.89. The van der Waals surface area contributed by atoms with Crippen LogP contribution in [0.2, 0.25) is 5.02 Å². The van der Waals surface area contributed by atoms with Gasteiger partial charge in [-0.2, -0.15) is 0 Å². The average molecular weight is 197 g/mol. The molecule has 0 heterocycles. The Balaban J connectivity index is 3.14. The highest BCUT2D eigenvalue weighted by atomic mass is 35.5. The van der Waals surface area contributed by atoms with Crippen molar-refractivity contribution in [3.63, 3.8) is 0 Å². The fourth-order valence-electron chi connectivity index (χ4n) is 1.16. The largest absolute Gasteiger partial charge is 0.495 e. The van der Waals surface area contributed by atoms with E-state index in [0.717, 1.165) is 5.56 Å². The fraction of sp³-hybridized carbons (Fsp3) is 0.273. The molecule has 0 bridgehead atoms. The van der Waals surface area contributed by atoms with Crippen LogP contribution in [0, 0.1) is 0 Å². The van der Waals surface area contributed by atoms with E-state index in [2.05, 4.69) is 6.58 Å². The summed E-state index contributed by atoms with van der Waals surface area (Å²) < 4.78 is 5.11. The predicted molar refractivity (Wildman–Crippen MR) is 56.6 cm³/mol. The summed E-state index contributed by atoms with van der Waals surface area (Å²) in [5, 5.41) is 0.678. The number of rotatable bonds is 3. The number of halogens is 1. The monoisotopic (exact) mass is 196 g/mol. The molecule has 0 radical (unpaired) electrons. The normalized spacial score (nSPS) is 12.2. The Kier molecular flexibility index (Phi) is 3.38. The van der Waals surface area contributed by atoms with E-state index in [1.54, 1.807) is 7.11 Å². The van der Waals surface area contributed by atoms with Gasteiger partial charge in [0.05, 0.1) is 12.1 Å². The van der Waals surface area contributed by atoms with E-state index in [4.69, 9.17) is 16.3 Å². The van der Waals surface area contributed by atoms with Crippen molar-refractivity contribution in [1.29, 1.82) is 0 Å². The lowest BCUT2D eigenvalue weighted by atomic mass is 10.0. The Morgan fingerprint density at radius 1 is 1.54 bits per heavy atom. The summed E-state index contributed by atoms with van der Waals surface area (Å²) in [7, 11) is 1.61. The topological polar surface area (TPSA) is 9.23 Å². The van der Waals surface area contributed by atoms with Gasteiger partial charge in [-0.3, -0.25) is 0 Å². The fourth-order valence-corrected chi connectivity index (χ4v) is 1.54. The molecule has 1 nitrogen and oxygen atoms in total. The lowest BCUT2D eigenvalue weighted by Gasteiger charge is -2.11. The van der Waals surface area contributed by atoms with E-state index in [0.29, 0.717) is 10.8 Å². The van der Waals surface area contributed by atoms with Crippen LogP contribution in [0.5, 0.6) is 5.75 Å². The molecule has 1 rings (SSSR count). The maximum Gasteiger partial charge on any atom is 0.137 e. The van der Waals surface area contributed by atoms with Crippen LogP contribution in [-0.4, -0.2) is 7.11 Å². The van der Waals surface area contributed by atoms with E-state index in [1.165, 1.54) is 0 Å². The summed E-state index contributed by atoms with van der Waals surface area (Å²) in [6.07, 6.45) is 1.86. The van der Waals surface area contributed by atoms with Gasteiger partial charge in [0.2, 0.25) is 0 Å². The average Bonchev–Trinajstić information content (AvgIpc) is 2.17. The van der Waals surface area contributed by atoms with Gasteiger partial charge in [0, 0.05) is 5.92 Å². The molecule has 1 aromatic carbocycles. The van der Waals surface area contributed by atoms with Gasteiger partial charge in [0.15, 0.2) is 0 Å². The quantitative estimate of drug-likeness (QED) is 0.671. The summed E-state index contributed by atoms with van der Waals surface area (Å²) in [4.78, 5) is 0. The zero-order valence-corrected chi connectivity index (χ0v) is 8.64. The second-order valence-corrected chi connectivity index (χ2v) is 3.27. The van der Waals surface area contributed by atoms with Crippen molar-refractivity contribution >= 4 is 11.6 Å². The predicted octanol–water partition coefficient (Wildman–Crippen LogP) is 3.64. The van der Waals surface area contributed by atoms with E-state index in [-0.39, 0.29) is 5.92 Å². The lowest BCUT2D eigenvalue weighted by molar-refractivity contribution is 0.414.